The summed E-state index contributed by atoms with van der Waals surface area (Å²) in [6.45, 7) is 6.73. The van der Waals surface area contributed by atoms with Crippen LogP contribution in [0.4, 0.5) is 5.82 Å². The predicted octanol–water partition coefficient (Wildman–Crippen LogP) is 4.12. The molecule has 2 nitrogen and oxygen atoms in total. The maximum atomic E-state index is 6.20. The van der Waals surface area contributed by atoms with Crippen molar-refractivity contribution >= 4 is 33.3 Å². The Morgan fingerprint density at radius 2 is 2.00 bits per heavy atom. The minimum absolute atomic E-state index is 0.457. The molecule has 0 atom stereocenters. The van der Waals surface area contributed by atoms with E-state index in [2.05, 4.69) is 39.7 Å². The molecule has 1 aromatic rings. The third-order valence-corrected chi connectivity index (χ3v) is 3.92. The first kappa shape index (κ1) is 12.2. The van der Waals surface area contributed by atoms with Crippen molar-refractivity contribution in [2.75, 3.05) is 18.0 Å². The van der Waals surface area contributed by atoms with Crippen molar-refractivity contribution in [3.8, 4) is 0 Å². The number of rotatable bonds is 1. The summed E-state index contributed by atoms with van der Waals surface area (Å²) in [6.07, 6.45) is 4.20. The number of aromatic nitrogens is 1. The van der Waals surface area contributed by atoms with E-state index in [-0.39, 0.29) is 0 Å². The lowest BCUT2D eigenvalue weighted by atomic mass is 9.83. The van der Waals surface area contributed by atoms with Gasteiger partial charge in [-0.25, -0.2) is 4.98 Å². The minimum atomic E-state index is 0.457. The fourth-order valence-electron chi connectivity index (χ4n) is 1.96. The summed E-state index contributed by atoms with van der Waals surface area (Å²) in [5.74, 6) is 0.917. The van der Waals surface area contributed by atoms with Crippen molar-refractivity contribution in [2.45, 2.75) is 26.7 Å². The maximum absolute atomic E-state index is 6.20. The lowest BCUT2D eigenvalue weighted by Gasteiger charge is -2.37. The zero-order valence-electron chi connectivity index (χ0n) is 9.63. The summed E-state index contributed by atoms with van der Waals surface area (Å²) in [5, 5.41) is 0.731. The van der Waals surface area contributed by atoms with Crippen molar-refractivity contribution < 1.29 is 0 Å². The average Bonchev–Trinajstić information content (AvgIpc) is 2.19. The zero-order chi connectivity index (χ0) is 11.8. The monoisotopic (exact) mass is 302 g/mol. The zero-order valence-corrected chi connectivity index (χ0v) is 12.0. The largest absolute Gasteiger partial charge is 0.355 e. The fraction of sp³-hybridized carbons (Fsp3) is 0.583. The van der Waals surface area contributed by atoms with Gasteiger partial charge >= 0.3 is 0 Å². The molecule has 1 aliphatic heterocycles. The van der Waals surface area contributed by atoms with E-state index >= 15 is 0 Å². The molecule has 1 aliphatic rings. The number of hydrogen-bond acceptors (Lipinski definition) is 2. The summed E-state index contributed by atoms with van der Waals surface area (Å²) in [5.41, 5.74) is 0.457. The van der Waals surface area contributed by atoms with Gasteiger partial charge in [0.1, 0.15) is 5.82 Å². The average molecular weight is 304 g/mol. The summed E-state index contributed by atoms with van der Waals surface area (Å²) in [7, 11) is 0. The van der Waals surface area contributed by atoms with E-state index < -0.39 is 0 Å². The fourth-order valence-corrected chi connectivity index (χ4v) is 2.71. The summed E-state index contributed by atoms with van der Waals surface area (Å²) < 4.78 is 0.929. The van der Waals surface area contributed by atoms with Gasteiger partial charge in [-0.15, -0.1) is 0 Å². The van der Waals surface area contributed by atoms with Crippen molar-refractivity contribution in [3.63, 3.8) is 0 Å². The highest BCUT2D eigenvalue weighted by atomic mass is 79.9. The molecule has 1 fully saturated rings. The molecule has 16 heavy (non-hydrogen) atoms. The van der Waals surface area contributed by atoms with E-state index in [0.717, 1.165) is 28.4 Å². The quantitative estimate of drug-likeness (QED) is 0.775. The van der Waals surface area contributed by atoms with Crippen LogP contribution in [0, 0.1) is 5.41 Å². The van der Waals surface area contributed by atoms with Gasteiger partial charge in [-0.2, -0.15) is 0 Å². The van der Waals surface area contributed by atoms with Gasteiger partial charge in [0, 0.05) is 23.8 Å². The van der Waals surface area contributed by atoms with Crippen molar-refractivity contribution in [3.05, 3.63) is 21.8 Å². The van der Waals surface area contributed by atoms with E-state index in [1.54, 1.807) is 6.20 Å². The van der Waals surface area contributed by atoms with E-state index in [9.17, 15) is 0 Å². The number of halogens is 2. The molecule has 4 heteroatoms. The molecule has 0 amide bonds. The Balaban J connectivity index is 2.14. The Morgan fingerprint density at radius 3 is 2.56 bits per heavy atom. The summed E-state index contributed by atoms with van der Waals surface area (Å²) in [6, 6.07) is 1.91. The number of hydrogen-bond donors (Lipinski definition) is 0. The van der Waals surface area contributed by atoms with Gasteiger partial charge in [-0.1, -0.05) is 25.4 Å². The van der Waals surface area contributed by atoms with Gasteiger partial charge in [0.15, 0.2) is 0 Å². The number of piperidine rings is 1. The van der Waals surface area contributed by atoms with Crippen LogP contribution in [0.5, 0.6) is 0 Å². The Morgan fingerprint density at radius 1 is 1.38 bits per heavy atom. The van der Waals surface area contributed by atoms with Crippen LogP contribution in [-0.4, -0.2) is 18.1 Å². The second-order valence-corrected chi connectivity index (χ2v) is 6.43. The van der Waals surface area contributed by atoms with Crippen LogP contribution in [0.3, 0.4) is 0 Å². The lowest BCUT2D eigenvalue weighted by molar-refractivity contribution is 0.279. The molecular weight excluding hydrogens is 288 g/mol. The molecule has 0 unspecified atom stereocenters. The molecule has 88 valence electrons. The smallest absolute Gasteiger partial charge is 0.147 e. The molecule has 0 saturated carbocycles. The van der Waals surface area contributed by atoms with E-state index in [0.29, 0.717) is 5.41 Å². The standard InChI is InChI=1S/C12H16BrClN2/c1-12(2)3-5-16(6-4-12)11-10(14)7-9(13)8-15-11/h7-8H,3-6H2,1-2H3. The number of nitrogens with zero attached hydrogens (tertiary/aromatic N) is 2. The molecule has 1 saturated heterocycles. The lowest BCUT2D eigenvalue weighted by Crippen LogP contribution is -2.37. The van der Waals surface area contributed by atoms with Crippen LogP contribution in [0.25, 0.3) is 0 Å². The first-order chi connectivity index (χ1) is 7.48. The first-order valence-electron chi connectivity index (χ1n) is 5.54. The second-order valence-electron chi connectivity index (χ2n) is 5.11. The van der Waals surface area contributed by atoms with Crippen LogP contribution in [0.15, 0.2) is 16.7 Å². The molecule has 0 aromatic carbocycles. The Kier molecular flexibility index (Phi) is 3.45. The Bertz CT molecular complexity index is 383. The summed E-state index contributed by atoms with van der Waals surface area (Å²) >= 11 is 9.57. The van der Waals surface area contributed by atoms with E-state index in [1.165, 1.54) is 12.8 Å². The van der Waals surface area contributed by atoms with Crippen molar-refractivity contribution in [1.82, 2.24) is 4.98 Å². The molecule has 0 radical (unpaired) electrons. The van der Waals surface area contributed by atoms with Crippen LogP contribution >= 0.6 is 27.5 Å². The first-order valence-corrected chi connectivity index (χ1v) is 6.71. The van der Waals surface area contributed by atoms with Crippen LogP contribution in [0.1, 0.15) is 26.7 Å². The van der Waals surface area contributed by atoms with Crippen LogP contribution in [-0.2, 0) is 0 Å². The van der Waals surface area contributed by atoms with Gasteiger partial charge in [-0.3, -0.25) is 0 Å². The SMILES string of the molecule is CC1(C)CCN(c2ncc(Br)cc2Cl)CC1. The van der Waals surface area contributed by atoms with Gasteiger partial charge in [0.2, 0.25) is 0 Å². The molecule has 2 heterocycles. The van der Waals surface area contributed by atoms with Gasteiger partial charge < -0.3 is 4.90 Å². The second kappa shape index (κ2) is 4.53. The maximum Gasteiger partial charge on any atom is 0.147 e. The van der Waals surface area contributed by atoms with Gasteiger partial charge in [0.25, 0.3) is 0 Å². The highest BCUT2D eigenvalue weighted by Crippen LogP contribution is 2.34. The van der Waals surface area contributed by atoms with Crippen molar-refractivity contribution in [2.24, 2.45) is 5.41 Å². The summed E-state index contributed by atoms with van der Waals surface area (Å²) in [4.78, 5) is 6.67. The molecule has 2 rings (SSSR count). The third kappa shape index (κ3) is 2.69. The van der Waals surface area contributed by atoms with Crippen molar-refractivity contribution in [1.29, 1.82) is 0 Å². The molecular formula is C12H16BrClN2. The van der Waals surface area contributed by atoms with E-state index in [1.807, 2.05) is 6.07 Å². The van der Waals surface area contributed by atoms with Crippen LogP contribution in [0.2, 0.25) is 5.02 Å². The number of anilines is 1. The molecule has 0 aliphatic carbocycles. The Labute approximate surface area is 110 Å². The highest BCUT2D eigenvalue weighted by Gasteiger charge is 2.26. The normalized spacial score (nSPS) is 19.9. The molecule has 0 N–H and O–H groups in total. The minimum Gasteiger partial charge on any atom is -0.355 e. The van der Waals surface area contributed by atoms with Crippen LogP contribution < -0.4 is 4.90 Å². The Hall–Kier alpha value is -0.280. The molecule has 1 aromatic heterocycles. The third-order valence-electron chi connectivity index (χ3n) is 3.20. The molecule has 0 bridgehead atoms. The predicted molar refractivity (Wildman–Crippen MR) is 72.2 cm³/mol. The van der Waals surface area contributed by atoms with E-state index in [4.69, 9.17) is 11.6 Å². The highest BCUT2D eigenvalue weighted by molar-refractivity contribution is 9.10. The molecule has 0 spiro atoms. The topological polar surface area (TPSA) is 16.1 Å². The van der Waals surface area contributed by atoms with Gasteiger partial charge in [0.05, 0.1) is 5.02 Å². The number of pyridine rings is 1. The van der Waals surface area contributed by atoms with Gasteiger partial charge in [-0.05, 0) is 40.3 Å².